The van der Waals surface area contributed by atoms with E-state index in [2.05, 4.69) is 15.0 Å². The molecule has 4 nitrogen and oxygen atoms in total. The van der Waals surface area contributed by atoms with Crippen LogP contribution in [0.1, 0.15) is 11.3 Å². The molecule has 19 heavy (non-hydrogen) atoms. The molecular formula is C14H14N4S. The van der Waals surface area contributed by atoms with Crippen LogP contribution in [-0.2, 0) is 6.54 Å². The molecule has 0 bridgehead atoms. The number of aromatic nitrogens is 3. The van der Waals surface area contributed by atoms with Crippen molar-refractivity contribution < 1.29 is 0 Å². The average molecular weight is 270 g/mol. The van der Waals surface area contributed by atoms with E-state index in [1.54, 1.807) is 0 Å². The Kier molecular flexibility index (Phi) is 3.23. The first-order valence-electron chi connectivity index (χ1n) is 6.05. The Balaban J connectivity index is 1.94. The zero-order chi connectivity index (χ0) is 13.2. The van der Waals surface area contributed by atoms with Crippen LogP contribution in [0.2, 0.25) is 0 Å². The van der Waals surface area contributed by atoms with Gasteiger partial charge in [-0.1, -0.05) is 12.1 Å². The van der Waals surface area contributed by atoms with E-state index in [0.29, 0.717) is 6.54 Å². The molecule has 0 amide bonds. The molecule has 1 aromatic carbocycles. The van der Waals surface area contributed by atoms with Crippen molar-refractivity contribution in [3.8, 4) is 0 Å². The number of nitrogens with two attached hydrogens (primary N) is 1. The Morgan fingerprint density at radius 3 is 2.84 bits per heavy atom. The van der Waals surface area contributed by atoms with Crippen molar-refractivity contribution in [2.75, 3.05) is 0 Å². The highest BCUT2D eigenvalue weighted by Crippen LogP contribution is 2.26. The molecule has 2 aromatic heterocycles. The number of H-pyrrole nitrogens is 1. The maximum atomic E-state index is 5.68. The monoisotopic (exact) mass is 270 g/mol. The lowest BCUT2D eigenvalue weighted by Gasteiger charge is -2.03. The number of pyridine rings is 1. The van der Waals surface area contributed by atoms with Gasteiger partial charge in [-0.3, -0.25) is 0 Å². The Morgan fingerprint density at radius 1 is 1.21 bits per heavy atom. The predicted octanol–water partition coefficient (Wildman–Crippen LogP) is 2.88. The first-order valence-corrected chi connectivity index (χ1v) is 6.86. The standard InChI is InChI=1S/C14H14N4S/c1-9-6-10(8-15)7-13(16-9)19-14-17-11-4-2-3-5-12(11)18-14/h2-7H,8,15H2,1H3,(H,17,18). The van der Waals surface area contributed by atoms with E-state index in [-0.39, 0.29) is 0 Å². The smallest absolute Gasteiger partial charge is 0.172 e. The molecular weight excluding hydrogens is 256 g/mol. The molecule has 3 aromatic rings. The SMILES string of the molecule is Cc1cc(CN)cc(Sc2nc3ccccc3[nH]2)n1. The van der Waals surface area contributed by atoms with Gasteiger partial charge < -0.3 is 10.7 Å². The summed E-state index contributed by atoms with van der Waals surface area (Å²) in [6.45, 7) is 2.50. The number of aryl methyl sites for hydroxylation is 1. The van der Waals surface area contributed by atoms with Crippen molar-refractivity contribution in [3.63, 3.8) is 0 Å². The van der Waals surface area contributed by atoms with E-state index in [0.717, 1.165) is 32.5 Å². The van der Waals surface area contributed by atoms with Gasteiger partial charge in [0.25, 0.3) is 0 Å². The average Bonchev–Trinajstić information content (AvgIpc) is 2.80. The minimum atomic E-state index is 0.525. The molecule has 5 heteroatoms. The van der Waals surface area contributed by atoms with Gasteiger partial charge >= 0.3 is 0 Å². The minimum absolute atomic E-state index is 0.525. The third-order valence-electron chi connectivity index (χ3n) is 2.79. The second kappa shape index (κ2) is 5.03. The highest BCUT2D eigenvalue weighted by atomic mass is 32.2. The number of rotatable bonds is 3. The third kappa shape index (κ3) is 2.62. The molecule has 0 fully saturated rings. The molecule has 3 N–H and O–H groups in total. The van der Waals surface area contributed by atoms with Crippen molar-refractivity contribution in [2.45, 2.75) is 23.7 Å². The van der Waals surface area contributed by atoms with Crippen molar-refractivity contribution >= 4 is 22.8 Å². The van der Waals surface area contributed by atoms with Crippen molar-refractivity contribution in [2.24, 2.45) is 5.73 Å². The molecule has 3 rings (SSSR count). The summed E-state index contributed by atoms with van der Waals surface area (Å²) < 4.78 is 0. The van der Waals surface area contributed by atoms with Crippen LogP contribution in [0.25, 0.3) is 11.0 Å². The van der Waals surface area contributed by atoms with Crippen LogP contribution in [0.15, 0.2) is 46.6 Å². The molecule has 0 atom stereocenters. The maximum absolute atomic E-state index is 5.68. The second-order valence-corrected chi connectivity index (χ2v) is 5.33. The quantitative estimate of drug-likeness (QED) is 0.768. The largest absolute Gasteiger partial charge is 0.333 e. The van der Waals surface area contributed by atoms with Crippen molar-refractivity contribution in [1.82, 2.24) is 15.0 Å². The lowest BCUT2D eigenvalue weighted by Crippen LogP contribution is -1.98. The second-order valence-electron chi connectivity index (χ2n) is 4.32. The lowest BCUT2D eigenvalue weighted by molar-refractivity contribution is 0.979. The number of hydrogen-bond acceptors (Lipinski definition) is 4. The summed E-state index contributed by atoms with van der Waals surface area (Å²) in [5.41, 5.74) is 9.75. The van der Waals surface area contributed by atoms with Crippen LogP contribution in [0.5, 0.6) is 0 Å². The lowest BCUT2D eigenvalue weighted by atomic mass is 10.2. The van der Waals surface area contributed by atoms with E-state index in [1.807, 2.05) is 43.3 Å². The van der Waals surface area contributed by atoms with Gasteiger partial charge in [0.15, 0.2) is 5.16 Å². The highest BCUT2D eigenvalue weighted by Gasteiger charge is 2.06. The summed E-state index contributed by atoms with van der Waals surface area (Å²) in [5, 5.41) is 1.77. The first kappa shape index (κ1) is 12.2. The van der Waals surface area contributed by atoms with Crippen LogP contribution in [0, 0.1) is 6.92 Å². The van der Waals surface area contributed by atoms with Crippen LogP contribution >= 0.6 is 11.8 Å². The van der Waals surface area contributed by atoms with E-state index >= 15 is 0 Å². The number of nitrogens with zero attached hydrogens (tertiary/aromatic N) is 2. The Labute approximate surface area is 115 Å². The highest BCUT2D eigenvalue weighted by molar-refractivity contribution is 7.99. The van der Waals surface area contributed by atoms with Crippen molar-refractivity contribution in [1.29, 1.82) is 0 Å². The fourth-order valence-electron chi connectivity index (χ4n) is 1.95. The van der Waals surface area contributed by atoms with Gasteiger partial charge in [0, 0.05) is 12.2 Å². The van der Waals surface area contributed by atoms with Gasteiger partial charge in [0.1, 0.15) is 5.03 Å². The van der Waals surface area contributed by atoms with Gasteiger partial charge in [0.05, 0.1) is 11.0 Å². The Morgan fingerprint density at radius 2 is 2.05 bits per heavy atom. The van der Waals surface area contributed by atoms with Crippen LogP contribution in [-0.4, -0.2) is 15.0 Å². The van der Waals surface area contributed by atoms with Crippen LogP contribution in [0.3, 0.4) is 0 Å². The number of para-hydroxylation sites is 2. The molecule has 0 unspecified atom stereocenters. The molecule has 0 spiro atoms. The summed E-state index contributed by atoms with van der Waals surface area (Å²) >= 11 is 1.52. The van der Waals surface area contributed by atoms with E-state index in [1.165, 1.54) is 11.8 Å². The van der Waals surface area contributed by atoms with E-state index in [4.69, 9.17) is 5.73 Å². The van der Waals surface area contributed by atoms with Crippen molar-refractivity contribution in [3.05, 3.63) is 47.7 Å². The normalized spacial score (nSPS) is 11.1. The molecule has 0 aliphatic heterocycles. The summed E-state index contributed by atoms with van der Waals surface area (Å²) in [4.78, 5) is 12.3. The number of imidazole rings is 1. The first-order chi connectivity index (χ1) is 9.24. The number of fused-ring (bicyclic) bond motifs is 1. The number of benzene rings is 1. The van der Waals surface area contributed by atoms with Gasteiger partial charge in [-0.05, 0) is 48.5 Å². The predicted molar refractivity (Wildman–Crippen MR) is 77.1 cm³/mol. The zero-order valence-corrected chi connectivity index (χ0v) is 11.4. The zero-order valence-electron chi connectivity index (χ0n) is 10.6. The van der Waals surface area contributed by atoms with Crippen LogP contribution < -0.4 is 5.73 Å². The fraction of sp³-hybridized carbons (Fsp3) is 0.143. The summed E-state index contributed by atoms with van der Waals surface area (Å²) in [6.07, 6.45) is 0. The summed E-state index contributed by atoms with van der Waals surface area (Å²) in [7, 11) is 0. The number of hydrogen-bond donors (Lipinski definition) is 2. The van der Waals surface area contributed by atoms with E-state index < -0.39 is 0 Å². The van der Waals surface area contributed by atoms with Gasteiger partial charge in [-0.15, -0.1) is 0 Å². The molecule has 0 saturated heterocycles. The number of nitrogens with one attached hydrogen (secondary N) is 1. The Bertz CT molecular complexity index is 687. The molecule has 0 saturated carbocycles. The minimum Gasteiger partial charge on any atom is -0.333 e. The molecule has 96 valence electrons. The van der Waals surface area contributed by atoms with Gasteiger partial charge in [-0.2, -0.15) is 0 Å². The Hall–Kier alpha value is -1.85. The maximum Gasteiger partial charge on any atom is 0.172 e. The molecule has 0 aliphatic carbocycles. The van der Waals surface area contributed by atoms with Crippen LogP contribution in [0.4, 0.5) is 0 Å². The number of aromatic amines is 1. The third-order valence-corrected chi connectivity index (χ3v) is 3.60. The van der Waals surface area contributed by atoms with Gasteiger partial charge in [-0.25, -0.2) is 9.97 Å². The molecule has 0 aliphatic rings. The molecule has 2 heterocycles. The molecule has 0 radical (unpaired) electrons. The van der Waals surface area contributed by atoms with E-state index in [9.17, 15) is 0 Å². The summed E-state index contributed by atoms with van der Waals surface area (Å²) in [6, 6.07) is 12.0. The van der Waals surface area contributed by atoms with Gasteiger partial charge in [0.2, 0.25) is 0 Å². The fourth-order valence-corrected chi connectivity index (χ4v) is 2.86. The topological polar surface area (TPSA) is 67.6 Å². The summed E-state index contributed by atoms with van der Waals surface area (Å²) in [5.74, 6) is 0.